The predicted octanol–water partition coefficient (Wildman–Crippen LogP) is -2.41. The zero-order valence-electron chi connectivity index (χ0n) is 5.62. The Kier molecular flexibility index (Phi) is 8.21. The van der Waals surface area contributed by atoms with Gasteiger partial charge in [-0.15, -0.1) is 0 Å². The number of carboxylic acid groups (broad SMARTS) is 1. The molecule has 0 radical (unpaired) electrons. The topological polar surface area (TPSA) is 72.4 Å². The van der Waals surface area contributed by atoms with E-state index in [-0.39, 0.29) is 29.7 Å². The van der Waals surface area contributed by atoms with Crippen LogP contribution in [-0.2, 0) is 9.53 Å². The Balaban J connectivity index is 0. The zero-order valence-corrected chi connectivity index (χ0v) is 7.04. The molecule has 0 saturated carbocycles. The van der Waals surface area contributed by atoms with Crippen LogP contribution in [0, 0.1) is 0 Å². The van der Waals surface area contributed by atoms with Crippen LogP contribution in [0.25, 0.3) is 0 Å². The molecule has 0 aromatic heterocycles. The summed E-state index contributed by atoms with van der Waals surface area (Å²) in [6.45, 7) is 1.75. The van der Waals surface area contributed by atoms with Gasteiger partial charge in [0.15, 0.2) is 0 Å². The summed E-state index contributed by atoms with van der Waals surface area (Å²) in [5.74, 6) is -2.41. The van der Waals surface area contributed by atoms with Crippen LogP contribution in [0.5, 0.6) is 0 Å². The molecule has 0 aliphatic heterocycles. The summed E-state index contributed by atoms with van der Waals surface area (Å²) in [5, 5.41) is 19.8. The number of carbonyl (C=O) groups excluding carboxylic acids is 1. The normalized spacial score (nSPS) is 9.90. The quantitative estimate of drug-likeness (QED) is 0.258. The van der Waals surface area contributed by atoms with E-state index in [1.54, 1.807) is 6.92 Å². The molecule has 52 valence electrons. The average molecular weight is 154 g/mol. The van der Waals surface area contributed by atoms with Gasteiger partial charge >= 0.3 is 23.1 Å². The molecule has 0 aliphatic rings. The Bertz CT molecular complexity index is 132. The molecule has 0 heterocycles. The van der Waals surface area contributed by atoms with Crippen LogP contribution >= 0.6 is 0 Å². The molecular weight excluding hydrogens is 148 g/mol. The maximum atomic E-state index is 10.2. The monoisotopic (exact) mass is 154 g/mol. The minimum Gasteiger partial charge on any atom is -0.613 e. The molecule has 0 aromatic rings. The van der Waals surface area contributed by atoms with Gasteiger partial charge in [0.1, 0.15) is 0 Å². The molecule has 0 aliphatic carbocycles. The Morgan fingerprint density at radius 2 is 2.10 bits per heavy atom. The first kappa shape index (κ1) is 12.3. The van der Waals surface area contributed by atoms with Crippen molar-refractivity contribution in [2.75, 3.05) is 6.61 Å². The summed E-state index contributed by atoms with van der Waals surface area (Å²) < 4.78 is 4.24. The minimum absolute atomic E-state index is 0. The second-order valence-corrected chi connectivity index (χ2v) is 1.22. The molecule has 0 rings (SSSR count). The van der Waals surface area contributed by atoms with E-state index in [4.69, 9.17) is 0 Å². The van der Waals surface area contributed by atoms with Gasteiger partial charge in [-0.2, -0.15) is 0 Å². The summed E-state index contributed by atoms with van der Waals surface area (Å²) in [4.78, 5) is 9.62. The van der Waals surface area contributed by atoms with Crippen LogP contribution in [-0.4, -0.2) is 35.6 Å². The van der Waals surface area contributed by atoms with Crippen molar-refractivity contribution in [3.63, 3.8) is 0 Å². The minimum atomic E-state index is -1.53. The van der Waals surface area contributed by atoms with Crippen LogP contribution in [0.1, 0.15) is 6.92 Å². The molecule has 5 heteroatoms. The first-order valence-electron chi connectivity index (χ1n) is 2.39. The summed E-state index contributed by atoms with van der Waals surface area (Å²) >= 11 is 0. The predicted molar refractivity (Wildman–Crippen MR) is 30.5 cm³/mol. The van der Waals surface area contributed by atoms with Crippen molar-refractivity contribution in [3.05, 3.63) is 12.0 Å². The van der Waals surface area contributed by atoms with E-state index in [9.17, 15) is 15.0 Å². The molecule has 4 nitrogen and oxygen atoms in total. The third-order valence-corrected chi connectivity index (χ3v) is 0.522. The van der Waals surface area contributed by atoms with E-state index in [1.165, 1.54) is 0 Å². The number of hydrogen-bond donors (Lipinski definition) is 0. The van der Waals surface area contributed by atoms with Crippen LogP contribution < -0.4 is 10.2 Å². The number of rotatable bonds is 3. The van der Waals surface area contributed by atoms with Gasteiger partial charge in [-0.25, -0.2) is 0 Å². The Hall–Kier alpha value is -0.424. The molecule has 0 atom stereocenters. The fraction of sp³-hybridized carbons (Fsp3) is 0.400. The molecule has 0 saturated heterocycles. The van der Waals surface area contributed by atoms with Crippen LogP contribution in [0.3, 0.4) is 0 Å². The molecular formula is C5H6MgO4. The van der Waals surface area contributed by atoms with E-state index in [0.717, 1.165) is 0 Å². The number of hydrogen-bond acceptors (Lipinski definition) is 4. The Morgan fingerprint density at radius 1 is 1.60 bits per heavy atom. The third-order valence-electron chi connectivity index (χ3n) is 0.522. The van der Waals surface area contributed by atoms with Crippen molar-refractivity contribution >= 4 is 29.0 Å². The van der Waals surface area contributed by atoms with Gasteiger partial charge in [0, 0.05) is 0 Å². The molecule has 0 spiro atoms. The maximum absolute atomic E-state index is 10.2. The van der Waals surface area contributed by atoms with E-state index < -0.39 is 11.9 Å². The fourth-order valence-corrected chi connectivity index (χ4v) is 0.280. The summed E-state index contributed by atoms with van der Waals surface area (Å²) in [7, 11) is 0. The van der Waals surface area contributed by atoms with Gasteiger partial charge < -0.3 is 19.7 Å². The second-order valence-electron chi connectivity index (χ2n) is 1.22. The number of ether oxygens (including phenoxy) is 1. The van der Waals surface area contributed by atoms with Crippen LogP contribution in [0.15, 0.2) is 12.0 Å². The van der Waals surface area contributed by atoms with E-state index in [2.05, 4.69) is 4.74 Å². The van der Waals surface area contributed by atoms with Gasteiger partial charge in [0.2, 0.25) is 0 Å². The molecule has 0 amide bonds. The summed E-state index contributed by atoms with van der Waals surface area (Å²) in [6, 6.07) is 0. The summed E-state index contributed by atoms with van der Waals surface area (Å²) in [6.07, 6.45) is 0.365. The molecule has 0 unspecified atom stereocenters. The van der Waals surface area contributed by atoms with Crippen molar-refractivity contribution in [2.24, 2.45) is 0 Å². The maximum Gasteiger partial charge on any atom is 2.00 e. The molecule has 0 N–H and O–H groups in total. The largest absolute Gasteiger partial charge is 2.00 e. The van der Waals surface area contributed by atoms with Gasteiger partial charge in [-0.1, -0.05) is 6.92 Å². The smallest absolute Gasteiger partial charge is 0.613 e. The molecule has 0 fully saturated rings. The second kappa shape index (κ2) is 6.69. The first-order valence-corrected chi connectivity index (χ1v) is 2.39. The van der Waals surface area contributed by atoms with Gasteiger partial charge in [-0.05, 0) is 12.7 Å². The molecule has 0 aromatic carbocycles. The Labute approximate surface area is 74.6 Å². The van der Waals surface area contributed by atoms with Gasteiger partial charge in [0.25, 0.3) is 0 Å². The molecule has 0 bridgehead atoms. The van der Waals surface area contributed by atoms with Gasteiger partial charge in [-0.3, -0.25) is 0 Å². The standard InChI is InChI=1S/C5H8O4.Mg/c1-2-9-5(8)3-4(6)7;/h3,8H,2H2,1H3,(H,6,7);/q;+2/p-2/b5-3+;. The Morgan fingerprint density at radius 3 is 2.40 bits per heavy atom. The first-order chi connectivity index (χ1) is 4.16. The van der Waals surface area contributed by atoms with Crippen molar-refractivity contribution in [1.29, 1.82) is 0 Å². The van der Waals surface area contributed by atoms with E-state index in [0.29, 0.717) is 6.08 Å². The van der Waals surface area contributed by atoms with Crippen molar-refractivity contribution < 1.29 is 19.7 Å². The number of carboxylic acids is 1. The number of carbonyl (C=O) groups is 1. The van der Waals surface area contributed by atoms with Crippen LogP contribution in [0.2, 0.25) is 0 Å². The SMILES string of the molecule is CCO/C([O-])=C/C(=O)[O-].[Mg+2]. The van der Waals surface area contributed by atoms with Crippen molar-refractivity contribution in [1.82, 2.24) is 0 Å². The fourth-order valence-electron chi connectivity index (χ4n) is 0.280. The average Bonchev–Trinajstić information content (AvgIpc) is 1.63. The van der Waals surface area contributed by atoms with E-state index >= 15 is 0 Å². The number of aliphatic carboxylic acids is 1. The summed E-state index contributed by atoms with van der Waals surface area (Å²) in [5.41, 5.74) is 0. The van der Waals surface area contributed by atoms with Crippen molar-refractivity contribution in [3.8, 4) is 0 Å². The van der Waals surface area contributed by atoms with E-state index in [1.807, 2.05) is 0 Å². The van der Waals surface area contributed by atoms with Crippen LogP contribution in [0.4, 0.5) is 0 Å². The van der Waals surface area contributed by atoms with Gasteiger partial charge in [0.05, 0.1) is 11.9 Å². The third kappa shape index (κ3) is 7.58. The zero-order chi connectivity index (χ0) is 7.28. The van der Waals surface area contributed by atoms with Crippen molar-refractivity contribution in [2.45, 2.75) is 6.92 Å². The molecule has 10 heavy (non-hydrogen) atoms.